The van der Waals surface area contributed by atoms with E-state index in [0.717, 1.165) is 8.17 Å². The third-order valence-corrected chi connectivity index (χ3v) is 4.50. The molecule has 0 atom stereocenters. The lowest BCUT2D eigenvalue weighted by molar-refractivity contribution is 0.619. The van der Waals surface area contributed by atoms with Crippen LogP contribution in [0.4, 0.5) is 4.39 Å². The standard InChI is InChI=1S/C10H6BrClFIN2/c11-8-5-16(15-10(8)14)4-6-3-7(13)1-2-9(6)12/h1-3,5H,4H2. The predicted molar refractivity (Wildman–Crippen MR) is 73.2 cm³/mol. The van der Waals surface area contributed by atoms with Crippen molar-refractivity contribution in [3.05, 3.63) is 49.0 Å². The summed E-state index contributed by atoms with van der Waals surface area (Å²) in [6, 6.07) is 4.31. The average Bonchev–Trinajstić information content (AvgIpc) is 2.52. The Hall–Kier alpha value is -0.140. The van der Waals surface area contributed by atoms with Gasteiger partial charge in [-0.2, -0.15) is 5.10 Å². The molecule has 1 heterocycles. The van der Waals surface area contributed by atoms with E-state index >= 15 is 0 Å². The fourth-order valence-electron chi connectivity index (χ4n) is 1.29. The lowest BCUT2D eigenvalue weighted by Crippen LogP contribution is -2.01. The maximum Gasteiger partial charge on any atom is 0.137 e. The van der Waals surface area contributed by atoms with E-state index in [1.807, 2.05) is 6.20 Å². The number of halogens is 4. The Morgan fingerprint density at radius 3 is 2.88 bits per heavy atom. The van der Waals surface area contributed by atoms with Crippen molar-refractivity contribution in [2.75, 3.05) is 0 Å². The zero-order valence-corrected chi connectivity index (χ0v) is 12.4. The number of aromatic nitrogens is 2. The van der Waals surface area contributed by atoms with Crippen LogP contribution in [0.15, 0.2) is 28.9 Å². The van der Waals surface area contributed by atoms with Gasteiger partial charge < -0.3 is 0 Å². The molecule has 0 aliphatic carbocycles. The summed E-state index contributed by atoms with van der Waals surface area (Å²) >= 11 is 11.5. The van der Waals surface area contributed by atoms with Gasteiger partial charge in [0, 0.05) is 11.2 Å². The lowest BCUT2D eigenvalue weighted by Gasteiger charge is -2.04. The van der Waals surface area contributed by atoms with Crippen LogP contribution >= 0.6 is 50.1 Å². The number of hydrogen-bond acceptors (Lipinski definition) is 1. The van der Waals surface area contributed by atoms with Gasteiger partial charge in [0.1, 0.15) is 9.52 Å². The molecule has 0 radical (unpaired) electrons. The highest BCUT2D eigenvalue weighted by molar-refractivity contribution is 14.1. The van der Waals surface area contributed by atoms with E-state index in [1.165, 1.54) is 12.1 Å². The molecule has 2 nitrogen and oxygen atoms in total. The third kappa shape index (κ3) is 2.75. The fourth-order valence-corrected chi connectivity index (χ4v) is 2.20. The molecule has 0 aliphatic rings. The van der Waals surface area contributed by atoms with E-state index in [2.05, 4.69) is 43.6 Å². The second-order valence-electron chi connectivity index (χ2n) is 3.20. The van der Waals surface area contributed by atoms with Crippen LogP contribution in [0, 0.1) is 9.52 Å². The molecule has 0 saturated carbocycles. The van der Waals surface area contributed by atoms with Crippen molar-refractivity contribution in [3.63, 3.8) is 0 Å². The van der Waals surface area contributed by atoms with Crippen LogP contribution in [0.5, 0.6) is 0 Å². The van der Waals surface area contributed by atoms with Crippen LogP contribution in [0.25, 0.3) is 0 Å². The van der Waals surface area contributed by atoms with Crippen molar-refractivity contribution in [2.45, 2.75) is 6.54 Å². The smallest absolute Gasteiger partial charge is 0.137 e. The van der Waals surface area contributed by atoms with E-state index in [-0.39, 0.29) is 5.82 Å². The minimum Gasteiger partial charge on any atom is -0.266 e. The second kappa shape index (κ2) is 5.01. The first kappa shape index (κ1) is 12.3. The Morgan fingerprint density at radius 1 is 1.50 bits per heavy atom. The Labute approximate surface area is 119 Å². The highest BCUT2D eigenvalue weighted by atomic mass is 127. The molecule has 6 heteroatoms. The quantitative estimate of drug-likeness (QED) is 0.676. The Bertz CT molecular complexity index is 510. The predicted octanol–water partition coefficient (Wildman–Crippen LogP) is 4.09. The molecule has 16 heavy (non-hydrogen) atoms. The van der Waals surface area contributed by atoms with Gasteiger partial charge in [-0.25, -0.2) is 4.39 Å². The zero-order valence-electron chi connectivity index (χ0n) is 7.92. The molecule has 0 aliphatic heterocycles. The van der Waals surface area contributed by atoms with E-state index < -0.39 is 0 Å². The van der Waals surface area contributed by atoms with Gasteiger partial charge in [-0.3, -0.25) is 4.68 Å². The summed E-state index contributed by atoms with van der Waals surface area (Å²) in [5, 5.41) is 4.80. The molecule has 0 saturated heterocycles. The second-order valence-corrected chi connectivity index (χ2v) is 5.48. The molecule has 1 aromatic carbocycles. The maximum absolute atomic E-state index is 13.0. The van der Waals surface area contributed by atoms with Gasteiger partial charge in [0.2, 0.25) is 0 Å². The minimum atomic E-state index is -0.291. The molecule has 0 bridgehead atoms. The van der Waals surface area contributed by atoms with Crippen molar-refractivity contribution in [2.24, 2.45) is 0 Å². The number of hydrogen-bond donors (Lipinski definition) is 0. The van der Waals surface area contributed by atoms with Crippen molar-refractivity contribution in [1.82, 2.24) is 9.78 Å². The van der Waals surface area contributed by atoms with E-state index in [9.17, 15) is 4.39 Å². The molecule has 2 aromatic rings. The van der Waals surface area contributed by atoms with Gasteiger partial charge in [-0.05, 0) is 62.3 Å². The number of nitrogens with zero attached hydrogens (tertiary/aromatic N) is 2. The molecular weight excluding hydrogens is 409 g/mol. The Morgan fingerprint density at radius 2 is 2.25 bits per heavy atom. The third-order valence-electron chi connectivity index (χ3n) is 2.02. The molecule has 84 valence electrons. The maximum atomic E-state index is 13.0. The molecule has 0 unspecified atom stereocenters. The average molecular weight is 415 g/mol. The summed E-state index contributed by atoms with van der Waals surface area (Å²) in [7, 11) is 0. The summed E-state index contributed by atoms with van der Waals surface area (Å²) in [6.07, 6.45) is 1.84. The van der Waals surface area contributed by atoms with Gasteiger partial charge in [0.15, 0.2) is 0 Å². The Balaban J connectivity index is 2.29. The van der Waals surface area contributed by atoms with Crippen molar-refractivity contribution >= 4 is 50.1 Å². The molecule has 1 aromatic heterocycles. The first-order valence-corrected chi connectivity index (χ1v) is 6.63. The molecule has 2 rings (SSSR count). The summed E-state index contributed by atoms with van der Waals surface area (Å²) in [5.74, 6) is -0.291. The normalized spacial score (nSPS) is 10.8. The van der Waals surface area contributed by atoms with Gasteiger partial charge in [0.05, 0.1) is 11.0 Å². The first-order chi connectivity index (χ1) is 7.56. The van der Waals surface area contributed by atoms with Gasteiger partial charge in [0.25, 0.3) is 0 Å². The zero-order chi connectivity index (χ0) is 11.7. The van der Waals surface area contributed by atoms with Crippen LogP contribution in [0.3, 0.4) is 0 Å². The summed E-state index contributed by atoms with van der Waals surface area (Å²) in [6.45, 7) is 0.457. The van der Waals surface area contributed by atoms with E-state index in [1.54, 1.807) is 10.7 Å². The van der Waals surface area contributed by atoms with Crippen molar-refractivity contribution in [1.29, 1.82) is 0 Å². The summed E-state index contributed by atoms with van der Waals surface area (Å²) in [4.78, 5) is 0. The fraction of sp³-hybridized carbons (Fsp3) is 0.100. The van der Waals surface area contributed by atoms with Crippen molar-refractivity contribution < 1.29 is 4.39 Å². The summed E-state index contributed by atoms with van der Waals surface area (Å²) < 4.78 is 16.5. The minimum absolute atomic E-state index is 0.291. The van der Waals surface area contributed by atoms with Crippen LogP contribution < -0.4 is 0 Å². The monoisotopic (exact) mass is 414 g/mol. The topological polar surface area (TPSA) is 17.8 Å². The van der Waals surface area contributed by atoms with Gasteiger partial charge in [-0.1, -0.05) is 11.6 Å². The molecular formula is C10H6BrClFIN2. The van der Waals surface area contributed by atoms with Gasteiger partial charge in [-0.15, -0.1) is 0 Å². The lowest BCUT2D eigenvalue weighted by atomic mass is 10.2. The largest absolute Gasteiger partial charge is 0.266 e. The SMILES string of the molecule is Fc1ccc(Cl)c(Cn2cc(Br)c(I)n2)c1. The molecule has 0 amide bonds. The number of benzene rings is 1. The summed E-state index contributed by atoms with van der Waals surface area (Å²) in [5.41, 5.74) is 0.716. The first-order valence-electron chi connectivity index (χ1n) is 4.38. The van der Waals surface area contributed by atoms with Crippen LogP contribution in [0.1, 0.15) is 5.56 Å². The molecule has 0 N–H and O–H groups in total. The van der Waals surface area contributed by atoms with Crippen LogP contribution in [0.2, 0.25) is 5.02 Å². The molecule has 0 spiro atoms. The van der Waals surface area contributed by atoms with Crippen LogP contribution in [-0.2, 0) is 6.54 Å². The van der Waals surface area contributed by atoms with E-state index in [4.69, 9.17) is 11.6 Å². The van der Waals surface area contributed by atoms with Crippen molar-refractivity contribution in [3.8, 4) is 0 Å². The van der Waals surface area contributed by atoms with E-state index in [0.29, 0.717) is 17.1 Å². The molecule has 0 fully saturated rings. The van der Waals surface area contributed by atoms with Gasteiger partial charge >= 0.3 is 0 Å². The highest BCUT2D eigenvalue weighted by Gasteiger charge is 2.06. The van der Waals surface area contributed by atoms with Crippen LogP contribution in [-0.4, -0.2) is 9.78 Å². The number of rotatable bonds is 2. The highest BCUT2D eigenvalue weighted by Crippen LogP contribution is 2.21. The Kier molecular flexibility index (Phi) is 3.86.